The summed E-state index contributed by atoms with van der Waals surface area (Å²) in [6, 6.07) is 0.385. The Morgan fingerprint density at radius 2 is 2.43 bits per heavy atom. The van der Waals surface area contributed by atoms with Gasteiger partial charge in [-0.1, -0.05) is 31.5 Å². The number of nitrogens with one attached hydrogen (secondary N) is 1. The highest BCUT2D eigenvalue weighted by atomic mass is 32.2. The molecule has 118 valence electrons. The zero-order valence-electron chi connectivity index (χ0n) is 12.7. The van der Waals surface area contributed by atoms with E-state index in [0.29, 0.717) is 18.4 Å². The fourth-order valence-corrected chi connectivity index (χ4v) is 4.24. The topological polar surface area (TPSA) is 45.2 Å². The minimum absolute atomic E-state index is 0.315. The van der Waals surface area contributed by atoms with Crippen LogP contribution in [0.4, 0.5) is 0 Å². The summed E-state index contributed by atoms with van der Waals surface area (Å²) in [7, 11) is 0. The Bertz CT molecular complexity index is 411. The fraction of sp³-hybridized carbons (Fsp3) is 0.733. The summed E-state index contributed by atoms with van der Waals surface area (Å²) >= 11 is 3.41. The van der Waals surface area contributed by atoms with Gasteiger partial charge in [0.05, 0.1) is 0 Å². The molecule has 1 atom stereocenters. The van der Waals surface area contributed by atoms with E-state index >= 15 is 0 Å². The average molecular weight is 328 g/mol. The van der Waals surface area contributed by atoms with Crippen molar-refractivity contribution in [3.63, 3.8) is 0 Å². The summed E-state index contributed by atoms with van der Waals surface area (Å²) in [5.74, 6) is 1.25. The van der Waals surface area contributed by atoms with Gasteiger partial charge < -0.3 is 10.2 Å². The van der Waals surface area contributed by atoms with Gasteiger partial charge >= 0.3 is 0 Å². The highest BCUT2D eigenvalue weighted by molar-refractivity contribution is 8.01. The van der Waals surface area contributed by atoms with E-state index in [0.717, 1.165) is 36.1 Å². The second-order valence-electron chi connectivity index (χ2n) is 5.34. The van der Waals surface area contributed by atoms with Crippen LogP contribution >= 0.6 is 23.1 Å². The molecule has 2 rings (SSSR count). The van der Waals surface area contributed by atoms with Crippen LogP contribution in [0.15, 0.2) is 15.9 Å². The molecule has 0 aliphatic carbocycles. The smallest absolute Gasteiger partial charge is 0.222 e. The van der Waals surface area contributed by atoms with E-state index in [4.69, 9.17) is 0 Å². The molecule has 1 aromatic heterocycles. The lowest BCUT2D eigenvalue weighted by molar-refractivity contribution is -0.128. The largest absolute Gasteiger partial charge is 0.338 e. The molecule has 0 radical (unpaired) electrons. The number of rotatable bonds is 10. The number of aromatic nitrogens is 1. The van der Waals surface area contributed by atoms with Crippen LogP contribution in [-0.4, -0.2) is 47.2 Å². The van der Waals surface area contributed by atoms with Crippen LogP contribution in [0.3, 0.4) is 0 Å². The first-order valence-electron chi connectivity index (χ1n) is 7.83. The highest BCUT2D eigenvalue weighted by Crippen LogP contribution is 2.23. The molecule has 1 aliphatic rings. The molecule has 0 bridgehead atoms. The van der Waals surface area contributed by atoms with E-state index in [1.807, 2.05) is 11.6 Å². The molecule has 6 heteroatoms. The van der Waals surface area contributed by atoms with E-state index in [2.05, 4.69) is 22.1 Å². The quantitative estimate of drug-likeness (QED) is 0.530. The van der Waals surface area contributed by atoms with Crippen molar-refractivity contribution >= 4 is 29.0 Å². The van der Waals surface area contributed by atoms with Crippen molar-refractivity contribution < 1.29 is 4.79 Å². The van der Waals surface area contributed by atoms with Crippen molar-refractivity contribution in [3.8, 4) is 0 Å². The number of thioether (sulfide) groups is 1. The van der Waals surface area contributed by atoms with Gasteiger partial charge in [-0.25, -0.2) is 4.98 Å². The molecular formula is C15H25N3OS2. The SMILES string of the molecule is CCCCCNC[C@H]1CCC(=O)N1CCSc1nccs1. The summed E-state index contributed by atoms with van der Waals surface area (Å²) in [5, 5.41) is 5.50. The number of amides is 1. The third-order valence-electron chi connectivity index (χ3n) is 3.76. The van der Waals surface area contributed by atoms with E-state index in [-0.39, 0.29) is 0 Å². The number of thiazole rings is 1. The van der Waals surface area contributed by atoms with E-state index in [1.54, 1.807) is 23.1 Å². The zero-order valence-corrected chi connectivity index (χ0v) is 14.3. The van der Waals surface area contributed by atoms with Crippen LogP contribution in [-0.2, 0) is 4.79 Å². The lowest BCUT2D eigenvalue weighted by Crippen LogP contribution is -2.41. The molecule has 1 saturated heterocycles. The van der Waals surface area contributed by atoms with Crippen molar-refractivity contribution in [3.05, 3.63) is 11.6 Å². The molecule has 1 aromatic rings. The number of nitrogens with zero attached hydrogens (tertiary/aromatic N) is 2. The number of carbonyl (C=O) groups is 1. The van der Waals surface area contributed by atoms with Crippen molar-refractivity contribution in [2.75, 3.05) is 25.4 Å². The Morgan fingerprint density at radius 1 is 1.52 bits per heavy atom. The third kappa shape index (κ3) is 5.60. The molecule has 21 heavy (non-hydrogen) atoms. The summed E-state index contributed by atoms with van der Waals surface area (Å²) in [5.41, 5.74) is 0. The Labute approximate surface area is 135 Å². The number of likely N-dealkylation sites (tertiary alicyclic amines) is 1. The van der Waals surface area contributed by atoms with Gasteiger partial charge in [-0.3, -0.25) is 4.79 Å². The van der Waals surface area contributed by atoms with Gasteiger partial charge in [0.2, 0.25) is 5.91 Å². The maximum absolute atomic E-state index is 12.0. The summed E-state index contributed by atoms with van der Waals surface area (Å²) in [4.78, 5) is 18.3. The van der Waals surface area contributed by atoms with Crippen LogP contribution in [0, 0.1) is 0 Å². The number of hydrogen-bond acceptors (Lipinski definition) is 5. The summed E-state index contributed by atoms with van der Waals surface area (Å²) in [6.07, 6.45) is 7.31. The first-order chi connectivity index (χ1) is 10.3. The van der Waals surface area contributed by atoms with Crippen LogP contribution in [0.1, 0.15) is 39.0 Å². The van der Waals surface area contributed by atoms with E-state index in [9.17, 15) is 4.79 Å². The predicted molar refractivity (Wildman–Crippen MR) is 90.0 cm³/mol. The van der Waals surface area contributed by atoms with Crippen molar-refractivity contribution in [1.82, 2.24) is 15.2 Å². The van der Waals surface area contributed by atoms with Gasteiger partial charge in [0.25, 0.3) is 0 Å². The number of carbonyl (C=O) groups excluding carboxylic acids is 1. The maximum atomic E-state index is 12.0. The van der Waals surface area contributed by atoms with Gasteiger partial charge in [0, 0.05) is 42.9 Å². The molecule has 1 fully saturated rings. The highest BCUT2D eigenvalue weighted by Gasteiger charge is 2.29. The second kappa shape index (κ2) is 9.43. The van der Waals surface area contributed by atoms with E-state index in [1.165, 1.54) is 19.3 Å². The predicted octanol–water partition coefficient (Wildman–Crippen LogP) is 3.01. The van der Waals surface area contributed by atoms with Crippen molar-refractivity contribution in [2.45, 2.75) is 49.4 Å². The molecule has 0 aromatic carbocycles. The normalized spacial score (nSPS) is 18.6. The maximum Gasteiger partial charge on any atom is 0.222 e. The average Bonchev–Trinajstić information content (AvgIpc) is 3.11. The monoisotopic (exact) mass is 327 g/mol. The van der Waals surface area contributed by atoms with Gasteiger partial charge in [0.1, 0.15) is 4.34 Å². The molecular weight excluding hydrogens is 302 g/mol. The minimum atomic E-state index is 0.315. The standard InChI is InChI=1S/C15H25N3OS2/c1-2-3-4-7-16-12-13-5-6-14(19)18(13)9-11-21-15-17-8-10-20-15/h8,10,13,16H,2-7,9,11-12H2,1H3/t13-/m1/s1. The van der Waals surface area contributed by atoms with Gasteiger partial charge in [-0.15, -0.1) is 11.3 Å². The van der Waals surface area contributed by atoms with Crippen LogP contribution in [0.2, 0.25) is 0 Å². The number of hydrogen-bond donors (Lipinski definition) is 1. The van der Waals surface area contributed by atoms with Gasteiger partial charge in [0.15, 0.2) is 0 Å². The minimum Gasteiger partial charge on any atom is -0.338 e. The fourth-order valence-electron chi connectivity index (χ4n) is 2.59. The number of unbranched alkanes of at least 4 members (excludes halogenated alkanes) is 2. The molecule has 0 saturated carbocycles. The molecule has 0 spiro atoms. The second-order valence-corrected chi connectivity index (χ2v) is 7.57. The summed E-state index contributed by atoms with van der Waals surface area (Å²) < 4.78 is 1.09. The molecule has 1 N–H and O–H groups in total. The first-order valence-corrected chi connectivity index (χ1v) is 9.70. The summed E-state index contributed by atoms with van der Waals surface area (Å²) in [6.45, 7) is 5.07. The van der Waals surface area contributed by atoms with Crippen LogP contribution in [0.5, 0.6) is 0 Å². The van der Waals surface area contributed by atoms with Crippen molar-refractivity contribution in [2.24, 2.45) is 0 Å². The Balaban J connectivity index is 1.67. The third-order valence-corrected chi connectivity index (χ3v) is 5.70. The van der Waals surface area contributed by atoms with Gasteiger partial charge in [-0.2, -0.15) is 0 Å². The zero-order chi connectivity index (χ0) is 14.9. The lowest BCUT2D eigenvalue weighted by Gasteiger charge is -2.25. The molecule has 0 unspecified atom stereocenters. The van der Waals surface area contributed by atoms with Crippen LogP contribution < -0.4 is 5.32 Å². The lowest BCUT2D eigenvalue weighted by atomic mass is 10.2. The van der Waals surface area contributed by atoms with E-state index < -0.39 is 0 Å². The first kappa shape index (κ1) is 16.8. The molecule has 2 heterocycles. The Hall–Kier alpha value is -0.590. The molecule has 1 amide bonds. The molecule has 1 aliphatic heterocycles. The molecule has 4 nitrogen and oxygen atoms in total. The van der Waals surface area contributed by atoms with Gasteiger partial charge in [-0.05, 0) is 19.4 Å². The van der Waals surface area contributed by atoms with Crippen molar-refractivity contribution in [1.29, 1.82) is 0 Å². The Morgan fingerprint density at radius 3 is 3.19 bits per heavy atom. The van der Waals surface area contributed by atoms with Crippen LogP contribution in [0.25, 0.3) is 0 Å². The Kier molecular flexibility index (Phi) is 7.53.